The minimum Gasteiger partial charge on any atom is -0.490 e. The number of piperidine rings is 1. The number of carbonyl (C=O) groups excluding carboxylic acids is 1. The fraction of sp³-hybridized carbons (Fsp3) is 0.394. The van der Waals surface area contributed by atoms with Gasteiger partial charge in [-0.1, -0.05) is 30.4 Å². The highest BCUT2D eigenvalue weighted by Gasteiger charge is 2.34. The molecule has 1 saturated heterocycles. The van der Waals surface area contributed by atoms with E-state index in [2.05, 4.69) is 56.8 Å². The SMILES string of the molecule is Cn1nnnc1CC(=S)N1c2ccc(OC3CCN(C(=O)OC(C)(C)C)CC3)cc2CC1c1ccc2ccc(C#N)cc2c1. The lowest BCUT2D eigenvalue weighted by atomic mass is 9.98. The summed E-state index contributed by atoms with van der Waals surface area (Å²) in [4.78, 5) is 17.2. The number of carbonyl (C=O) groups is 1. The van der Waals surface area contributed by atoms with Crippen molar-refractivity contribution in [3.05, 3.63) is 77.1 Å². The van der Waals surface area contributed by atoms with Gasteiger partial charge in [0.1, 0.15) is 17.5 Å². The first-order valence-corrected chi connectivity index (χ1v) is 15.2. The summed E-state index contributed by atoms with van der Waals surface area (Å²) < 4.78 is 13.6. The first-order chi connectivity index (χ1) is 21.1. The number of fused-ring (bicyclic) bond motifs is 2. The second kappa shape index (κ2) is 11.8. The largest absolute Gasteiger partial charge is 0.490 e. The lowest BCUT2D eigenvalue weighted by Crippen LogP contribution is -2.44. The maximum Gasteiger partial charge on any atom is 0.410 e. The first-order valence-electron chi connectivity index (χ1n) is 14.8. The summed E-state index contributed by atoms with van der Waals surface area (Å²) >= 11 is 6.04. The van der Waals surface area contributed by atoms with E-state index in [4.69, 9.17) is 21.7 Å². The summed E-state index contributed by atoms with van der Waals surface area (Å²) in [6, 6.07) is 20.5. The van der Waals surface area contributed by atoms with Crippen LogP contribution in [0.15, 0.2) is 54.6 Å². The highest BCUT2D eigenvalue weighted by Crippen LogP contribution is 2.43. The molecule has 2 aliphatic rings. The number of ether oxygens (including phenoxy) is 2. The van der Waals surface area contributed by atoms with Crippen LogP contribution in [0.1, 0.15) is 62.2 Å². The standard InChI is InChI=1S/C33H35N7O3S/c1-33(2,3)43-32(41)39-13-11-26(12-14-39)42-27-9-10-28-25(17-27)18-29(40(28)31(44)19-30-35-36-37-38(30)4)23-8-7-22-6-5-21(20-34)15-24(22)16-23/h5-10,15-17,26,29H,11-14,18-19H2,1-4H3. The number of rotatable bonds is 5. The van der Waals surface area contributed by atoms with Gasteiger partial charge in [0.2, 0.25) is 0 Å². The molecule has 1 amide bonds. The Balaban J connectivity index is 1.23. The van der Waals surface area contributed by atoms with Crippen molar-refractivity contribution in [2.75, 3.05) is 18.0 Å². The van der Waals surface area contributed by atoms with Crippen molar-refractivity contribution >= 4 is 39.8 Å². The summed E-state index contributed by atoms with van der Waals surface area (Å²) in [5, 5.41) is 23.5. The summed E-state index contributed by atoms with van der Waals surface area (Å²) in [6.45, 7) is 6.83. The van der Waals surface area contributed by atoms with Crippen molar-refractivity contribution in [3.63, 3.8) is 0 Å². The predicted octanol–water partition coefficient (Wildman–Crippen LogP) is 5.69. The smallest absolute Gasteiger partial charge is 0.410 e. The summed E-state index contributed by atoms with van der Waals surface area (Å²) in [5.74, 6) is 1.50. The number of anilines is 1. The Bertz CT molecular complexity index is 1770. The molecule has 0 saturated carbocycles. The van der Waals surface area contributed by atoms with Crippen LogP contribution in [0.5, 0.6) is 5.75 Å². The molecular formula is C33H35N7O3S. The molecule has 0 radical (unpaired) electrons. The Morgan fingerprint density at radius 3 is 2.55 bits per heavy atom. The highest BCUT2D eigenvalue weighted by atomic mass is 32.1. The van der Waals surface area contributed by atoms with Gasteiger partial charge in [-0.15, -0.1) is 5.10 Å². The zero-order chi connectivity index (χ0) is 31.0. The third-order valence-electron chi connectivity index (χ3n) is 8.10. The van der Waals surface area contributed by atoms with Crippen molar-refractivity contribution in [1.82, 2.24) is 25.1 Å². The van der Waals surface area contributed by atoms with E-state index in [1.54, 1.807) is 9.58 Å². The molecule has 1 fully saturated rings. The third-order valence-corrected chi connectivity index (χ3v) is 8.44. The van der Waals surface area contributed by atoms with Gasteiger partial charge in [-0.25, -0.2) is 9.48 Å². The van der Waals surface area contributed by atoms with Crippen LogP contribution in [0.2, 0.25) is 0 Å². The van der Waals surface area contributed by atoms with E-state index in [0.29, 0.717) is 30.9 Å². The van der Waals surface area contributed by atoms with Crippen molar-refractivity contribution < 1.29 is 14.3 Å². The van der Waals surface area contributed by atoms with Gasteiger partial charge in [-0.3, -0.25) is 0 Å². The molecule has 0 spiro atoms. The van der Waals surface area contributed by atoms with E-state index < -0.39 is 5.60 Å². The number of aromatic nitrogens is 4. The second-order valence-electron chi connectivity index (χ2n) is 12.4. The van der Waals surface area contributed by atoms with Crippen molar-refractivity contribution in [2.24, 2.45) is 7.05 Å². The molecule has 2 aliphatic heterocycles. The van der Waals surface area contributed by atoms with Gasteiger partial charge < -0.3 is 19.3 Å². The number of amides is 1. The summed E-state index contributed by atoms with van der Waals surface area (Å²) in [5.41, 5.74) is 3.40. The van der Waals surface area contributed by atoms with E-state index in [0.717, 1.165) is 57.6 Å². The number of likely N-dealkylation sites (tertiary alicyclic amines) is 1. The van der Waals surface area contributed by atoms with Gasteiger partial charge in [0.25, 0.3) is 0 Å². The Morgan fingerprint density at radius 2 is 1.84 bits per heavy atom. The molecular weight excluding hydrogens is 574 g/mol. The normalized spacial score (nSPS) is 16.9. The quantitative estimate of drug-likeness (QED) is 0.264. The average Bonchev–Trinajstić information content (AvgIpc) is 3.58. The van der Waals surface area contributed by atoms with E-state index in [1.807, 2.05) is 52.1 Å². The van der Waals surface area contributed by atoms with Crippen LogP contribution in [-0.4, -0.2) is 61.0 Å². The second-order valence-corrected chi connectivity index (χ2v) is 12.9. The van der Waals surface area contributed by atoms with Gasteiger partial charge in [0, 0.05) is 38.7 Å². The molecule has 226 valence electrons. The molecule has 0 bridgehead atoms. The minimum absolute atomic E-state index is 0.0133. The first kappa shape index (κ1) is 29.5. The van der Waals surface area contributed by atoms with Gasteiger partial charge in [0.05, 0.1) is 29.1 Å². The van der Waals surface area contributed by atoms with Crippen LogP contribution in [0.4, 0.5) is 10.5 Å². The van der Waals surface area contributed by atoms with Crippen molar-refractivity contribution in [1.29, 1.82) is 5.26 Å². The molecule has 3 aromatic carbocycles. The fourth-order valence-corrected chi connectivity index (χ4v) is 6.27. The molecule has 1 unspecified atom stereocenters. The zero-order valence-corrected chi connectivity index (χ0v) is 26.2. The molecule has 1 atom stereocenters. The maximum absolute atomic E-state index is 12.5. The molecule has 6 rings (SSSR count). The number of aryl methyl sites for hydroxylation is 1. The number of hydrogen-bond acceptors (Lipinski definition) is 8. The lowest BCUT2D eigenvalue weighted by Gasteiger charge is -2.33. The van der Waals surface area contributed by atoms with Crippen LogP contribution in [-0.2, 0) is 24.6 Å². The van der Waals surface area contributed by atoms with E-state index >= 15 is 0 Å². The Kier molecular flexibility index (Phi) is 7.95. The molecule has 3 heterocycles. The van der Waals surface area contributed by atoms with Crippen molar-refractivity contribution in [3.8, 4) is 11.8 Å². The fourth-order valence-electron chi connectivity index (χ4n) is 5.91. The molecule has 10 nitrogen and oxygen atoms in total. The third kappa shape index (κ3) is 6.21. The molecule has 1 aromatic heterocycles. The van der Waals surface area contributed by atoms with Crippen LogP contribution in [0, 0.1) is 11.3 Å². The molecule has 44 heavy (non-hydrogen) atoms. The topological polar surface area (TPSA) is 109 Å². The van der Waals surface area contributed by atoms with Crippen LogP contribution in [0.3, 0.4) is 0 Å². The summed E-state index contributed by atoms with van der Waals surface area (Å²) in [6.07, 6.45) is 2.38. The van der Waals surface area contributed by atoms with Gasteiger partial charge >= 0.3 is 6.09 Å². The number of nitrogens with zero attached hydrogens (tertiary/aromatic N) is 7. The number of tetrazole rings is 1. The molecule has 4 aromatic rings. The number of hydrogen-bond donors (Lipinski definition) is 0. The Labute approximate surface area is 262 Å². The van der Waals surface area contributed by atoms with Gasteiger partial charge in [-0.05, 0) is 95.9 Å². The predicted molar refractivity (Wildman–Crippen MR) is 171 cm³/mol. The lowest BCUT2D eigenvalue weighted by molar-refractivity contribution is 0.0126. The highest BCUT2D eigenvalue weighted by molar-refractivity contribution is 7.80. The van der Waals surface area contributed by atoms with Crippen molar-refractivity contribution in [2.45, 2.75) is 64.2 Å². The monoisotopic (exact) mass is 609 g/mol. The summed E-state index contributed by atoms with van der Waals surface area (Å²) in [7, 11) is 1.81. The Morgan fingerprint density at radius 1 is 1.07 bits per heavy atom. The zero-order valence-electron chi connectivity index (χ0n) is 25.4. The molecule has 0 N–H and O–H groups in total. The number of benzene rings is 3. The Hall–Kier alpha value is -4.56. The van der Waals surface area contributed by atoms with E-state index in [9.17, 15) is 10.1 Å². The number of nitriles is 1. The van der Waals surface area contributed by atoms with E-state index in [1.165, 1.54) is 0 Å². The van der Waals surface area contributed by atoms with Gasteiger partial charge in [0.15, 0.2) is 5.82 Å². The molecule has 0 aliphatic carbocycles. The van der Waals surface area contributed by atoms with Crippen LogP contribution >= 0.6 is 12.2 Å². The average molecular weight is 610 g/mol. The molecule has 11 heteroatoms. The number of thiocarbonyl (C=S) groups is 1. The minimum atomic E-state index is -0.513. The van der Waals surface area contributed by atoms with Crippen LogP contribution in [0.25, 0.3) is 10.8 Å². The maximum atomic E-state index is 12.5. The van der Waals surface area contributed by atoms with E-state index in [-0.39, 0.29) is 18.2 Å². The van der Waals surface area contributed by atoms with Crippen LogP contribution < -0.4 is 9.64 Å². The van der Waals surface area contributed by atoms with Gasteiger partial charge in [-0.2, -0.15) is 5.26 Å².